The summed E-state index contributed by atoms with van der Waals surface area (Å²) in [5.41, 5.74) is 2.23. The van der Waals surface area contributed by atoms with Gasteiger partial charge in [0.25, 0.3) is 5.91 Å². The van der Waals surface area contributed by atoms with Crippen LogP contribution in [0.1, 0.15) is 23.0 Å². The maximum atomic E-state index is 12.2. The largest absolute Gasteiger partial charge is 0.351 e. The molecule has 1 amide bonds. The number of hydrogen-bond donors (Lipinski definition) is 1. The zero-order chi connectivity index (χ0) is 17.5. The highest BCUT2D eigenvalue weighted by atomic mass is 16.1. The summed E-state index contributed by atoms with van der Waals surface area (Å²) in [5, 5.41) is 11.1. The van der Waals surface area contributed by atoms with Crippen molar-refractivity contribution in [3.05, 3.63) is 84.1 Å². The van der Waals surface area contributed by atoms with E-state index in [0.717, 1.165) is 24.6 Å². The third-order valence-electron chi connectivity index (χ3n) is 3.84. The Morgan fingerprint density at radius 2 is 1.60 bits per heavy atom. The lowest BCUT2D eigenvalue weighted by atomic mass is 10.2. The van der Waals surface area contributed by atoms with Gasteiger partial charge in [0.1, 0.15) is 0 Å². The minimum absolute atomic E-state index is 0.267. The minimum Gasteiger partial charge on any atom is -0.351 e. The Bertz CT molecular complexity index is 804. The number of aromatic nitrogens is 2. The van der Waals surface area contributed by atoms with Crippen molar-refractivity contribution in [1.82, 2.24) is 10.2 Å². The quantitative estimate of drug-likeness (QED) is 0.747. The monoisotopic (exact) mass is 332 g/mol. The summed E-state index contributed by atoms with van der Waals surface area (Å²) in [6, 6.07) is 23.0. The molecule has 0 aliphatic carbocycles. The Kier molecular flexibility index (Phi) is 5.36. The molecule has 0 spiro atoms. The van der Waals surface area contributed by atoms with E-state index in [1.807, 2.05) is 54.6 Å². The molecular formula is C20H20N4O. The second kappa shape index (κ2) is 8.06. The predicted octanol–water partition coefficient (Wildman–Crippen LogP) is 3.76. The third-order valence-corrected chi connectivity index (χ3v) is 3.84. The number of benzene rings is 2. The number of para-hydroxylation sites is 1. The number of anilines is 2. The number of hydrogen-bond acceptors (Lipinski definition) is 4. The van der Waals surface area contributed by atoms with Gasteiger partial charge >= 0.3 is 0 Å². The molecule has 0 saturated heterocycles. The van der Waals surface area contributed by atoms with Crippen LogP contribution >= 0.6 is 0 Å². The lowest BCUT2D eigenvalue weighted by Gasteiger charge is -2.21. The van der Waals surface area contributed by atoms with Crippen molar-refractivity contribution in [2.24, 2.45) is 0 Å². The van der Waals surface area contributed by atoms with E-state index in [1.165, 1.54) is 5.56 Å². The highest BCUT2D eigenvalue weighted by Crippen LogP contribution is 2.14. The maximum absolute atomic E-state index is 12.2. The molecule has 0 unspecified atom stereocenters. The van der Waals surface area contributed by atoms with E-state index in [1.54, 1.807) is 6.07 Å². The van der Waals surface area contributed by atoms with Gasteiger partial charge in [-0.3, -0.25) is 4.79 Å². The molecule has 3 rings (SSSR count). The highest BCUT2D eigenvalue weighted by molar-refractivity contribution is 6.02. The lowest BCUT2D eigenvalue weighted by Crippen LogP contribution is -2.24. The molecule has 0 aliphatic rings. The zero-order valence-corrected chi connectivity index (χ0v) is 14.1. The standard InChI is InChI=1S/C20H20N4O/c1-2-24(15-16-9-5-3-6-10-16)19-14-13-18(22-23-19)20(25)21-17-11-7-4-8-12-17/h3-14H,2,15H2,1H3,(H,21,25). The Hall–Kier alpha value is -3.21. The van der Waals surface area contributed by atoms with Crippen molar-refractivity contribution in [3.63, 3.8) is 0 Å². The van der Waals surface area contributed by atoms with Crippen molar-refractivity contribution in [3.8, 4) is 0 Å². The Balaban J connectivity index is 1.69. The van der Waals surface area contributed by atoms with Crippen LogP contribution in [0.15, 0.2) is 72.8 Å². The zero-order valence-electron chi connectivity index (χ0n) is 14.1. The summed E-state index contributed by atoms with van der Waals surface area (Å²) in [6.45, 7) is 3.63. The van der Waals surface area contributed by atoms with E-state index in [9.17, 15) is 4.79 Å². The number of amides is 1. The van der Waals surface area contributed by atoms with Gasteiger partial charge in [-0.25, -0.2) is 0 Å². The average Bonchev–Trinajstić information content (AvgIpc) is 2.68. The molecule has 25 heavy (non-hydrogen) atoms. The van der Waals surface area contributed by atoms with E-state index >= 15 is 0 Å². The fourth-order valence-corrected chi connectivity index (χ4v) is 2.49. The number of nitrogens with one attached hydrogen (secondary N) is 1. The second-order valence-corrected chi connectivity index (χ2v) is 5.60. The normalized spacial score (nSPS) is 10.3. The van der Waals surface area contributed by atoms with Crippen LogP contribution in [0.3, 0.4) is 0 Å². The van der Waals surface area contributed by atoms with Gasteiger partial charge in [-0.1, -0.05) is 48.5 Å². The van der Waals surface area contributed by atoms with Gasteiger partial charge in [-0.05, 0) is 36.8 Å². The Morgan fingerprint density at radius 3 is 2.20 bits per heavy atom. The summed E-state index contributed by atoms with van der Waals surface area (Å²) in [4.78, 5) is 14.3. The van der Waals surface area contributed by atoms with Gasteiger partial charge in [0.05, 0.1) is 0 Å². The van der Waals surface area contributed by atoms with Crippen molar-refractivity contribution in [2.45, 2.75) is 13.5 Å². The molecule has 1 aromatic heterocycles. The summed E-state index contributed by atoms with van der Waals surface area (Å²) < 4.78 is 0. The number of nitrogens with zero attached hydrogens (tertiary/aromatic N) is 3. The topological polar surface area (TPSA) is 58.1 Å². The molecule has 0 aliphatic heterocycles. The van der Waals surface area contributed by atoms with Crippen LogP contribution in [-0.4, -0.2) is 22.6 Å². The van der Waals surface area contributed by atoms with Crippen LogP contribution in [0.4, 0.5) is 11.5 Å². The molecule has 1 N–H and O–H groups in total. The molecule has 1 heterocycles. The molecule has 0 bridgehead atoms. The first-order chi connectivity index (χ1) is 12.3. The van der Waals surface area contributed by atoms with Gasteiger partial charge in [0.15, 0.2) is 11.5 Å². The van der Waals surface area contributed by atoms with E-state index in [0.29, 0.717) is 5.69 Å². The first-order valence-corrected chi connectivity index (χ1v) is 8.25. The first-order valence-electron chi connectivity index (χ1n) is 8.25. The molecule has 0 saturated carbocycles. The van der Waals surface area contributed by atoms with Crippen LogP contribution in [0.5, 0.6) is 0 Å². The van der Waals surface area contributed by atoms with Crippen molar-refractivity contribution in [1.29, 1.82) is 0 Å². The van der Waals surface area contributed by atoms with Crippen molar-refractivity contribution in [2.75, 3.05) is 16.8 Å². The van der Waals surface area contributed by atoms with Crippen LogP contribution in [0.2, 0.25) is 0 Å². The average molecular weight is 332 g/mol. The number of carbonyl (C=O) groups excluding carboxylic acids is 1. The maximum Gasteiger partial charge on any atom is 0.276 e. The summed E-state index contributed by atoms with van der Waals surface area (Å²) in [6.07, 6.45) is 0. The third kappa shape index (κ3) is 4.41. The van der Waals surface area contributed by atoms with Gasteiger partial charge in [-0.2, -0.15) is 0 Å². The number of carbonyl (C=O) groups is 1. The summed E-state index contributed by atoms with van der Waals surface area (Å²) in [7, 11) is 0. The first kappa shape index (κ1) is 16.6. The Labute approximate surface area is 147 Å². The second-order valence-electron chi connectivity index (χ2n) is 5.60. The van der Waals surface area contributed by atoms with E-state index in [2.05, 4.69) is 39.5 Å². The van der Waals surface area contributed by atoms with Crippen LogP contribution in [-0.2, 0) is 6.54 Å². The number of rotatable bonds is 6. The smallest absolute Gasteiger partial charge is 0.276 e. The van der Waals surface area contributed by atoms with Crippen LogP contribution in [0, 0.1) is 0 Å². The highest BCUT2D eigenvalue weighted by Gasteiger charge is 2.11. The Morgan fingerprint density at radius 1 is 0.920 bits per heavy atom. The van der Waals surface area contributed by atoms with Gasteiger partial charge in [0, 0.05) is 18.8 Å². The fourth-order valence-electron chi connectivity index (χ4n) is 2.49. The molecular weight excluding hydrogens is 312 g/mol. The van der Waals surface area contributed by atoms with E-state index < -0.39 is 0 Å². The summed E-state index contributed by atoms with van der Waals surface area (Å²) >= 11 is 0. The van der Waals surface area contributed by atoms with Crippen LogP contribution < -0.4 is 10.2 Å². The fraction of sp³-hybridized carbons (Fsp3) is 0.150. The minimum atomic E-state index is -0.267. The van der Waals surface area contributed by atoms with Crippen molar-refractivity contribution >= 4 is 17.4 Å². The molecule has 0 atom stereocenters. The molecule has 5 heteroatoms. The SMILES string of the molecule is CCN(Cc1ccccc1)c1ccc(C(=O)Nc2ccccc2)nn1. The van der Waals surface area contributed by atoms with Crippen LogP contribution in [0.25, 0.3) is 0 Å². The van der Waals surface area contributed by atoms with Gasteiger partial charge in [0.2, 0.25) is 0 Å². The molecule has 5 nitrogen and oxygen atoms in total. The van der Waals surface area contributed by atoms with Crippen molar-refractivity contribution < 1.29 is 4.79 Å². The molecule has 0 radical (unpaired) electrons. The van der Waals surface area contributed by atoms with Gasteiger partial charge < -0.3 is 10.2 Å². The van der Waals surface area contributed by atoms with E-state index in [-0.39, 0.29) is 5.91 Å². The predicted molar refractivity (Wildman–Crippen MR) is 99.6 cm³/mol. The molecule has 126 valence electrons. The lowest BCUT2D eigenvalue weighted by molar-refractivity contribution is 0.102. The summed E-state index contributed by atoms with van der Waals surface area (Å²) in [5.74, 6) is 0.485. The molecule has 0 fully saturated rings. The van der Waals surface area contributed by atoms with E-state index in [4.69, 9.17) is 0 Å². The molecule has 3 aromatic rings. The van der Waals surface area contributed by atoms with Gasteiger partial charge in [-0.15, -0.1) is 10.2 Å². The molecule has 2 aromatic carbocycles.